The van der Waals surface area contributed by atoms with E-state index in [1.807, 2.05) is 4.89 Å². The molecule has 0 radical (unpaired) electrons. The van der Waals surface area contributed by atoms with Gasteiger partial charge < -0.3 is 41.1 Å². The molecule has 0 aliphatic rings. The number of hydrogen-bond donors (Lipinski definition) is 6. The summed E-state index contributed by atoms with van der Waals surface area (Å²) in [4.78, 5) is 40.1. The topological polar surface area (TPSA) is 176 Å². The summed E-state index contributed by atoms with van der Waals surface area (Å²) >= 11 is 3.51. The fourth-order valence-electron chi connectivity index (χ4n) is 2.65. The molecule has 0 aromatic heterocycles. The number of unbranched alkanes of at least 4 members (excludes halogenated alkanes) is 3. The molecule has 0 unspecified atom stereocenters. The molecule has 18 heteroatoms. The average Bonchev–Trinajstić information content (AvgIpc) is 3.00. The molecule has 0 saturated carbocycles. The molecule has 0 spiro atoms. The average molecular weight is 749 g/mol. The maximum absolute atomic E-state index is 11.5. The number of amides is 2. The number of carbonyl (C=O) groups excluding carboxylic acids is 3. The van der Waals surface area contributed by atoms with Crippen molar-refractivity contribution in [3.8, 4) is 0 Å². The summed E-state index contributed by atoms with van der Waals surface area (Å²) in [6.45, 7) is 5.01. The molecule has 0 heterocycles. The van der Waals surface area contributed by atoms with Gasteiger partial charge in [0, 0.05) is 110 Å². The molecule has 0 fully saturated rings. The molecular weight excluding hydrogens is 690 g/mol. The second kappa shape index (κ2) is 47.6. The lowest BCUT2D eigenvalue weighted by Gasteiger charge is -2.06. The van der Waals surface area contributed by atoms with Crippen molar-refractivity contribution in [2.75, 3.05) is 90.3 Å². The highest BCUT2D eigenvalue weighted by molar-refractivity contribution is 8.77. The molecule has 2 amide bonds. The van der Waals surface area contributed by atoms with Crippen molar-refractivity contribution in [2.24, 2.45) is 11.5 Å². The number of rotatable bonds is 28. The van der Waals surface area contributed by atoms with Crippen LogP contribution >= 0.6 is 68.4 Å². The second-order valence-electron chi connectivity index (χ2n) is 8.48. The van der Waals surface area contributed by atoms with Crippen LogP contribution in [0.1, 0.15) is 57.8 Å². The highest BCUT2D eigenvalue weighted by Crippen LogP contribution is 2.19. The fourth-order valence-corrected chi connectivity index (χ4v) is 6.28. The molecule has 44 heavy (non-hydrogen) atoms. The predicted octanol–water partition coefficient (Wildman–Crippen LogP) is 3.64. The summed E-state index contributed by atoms with van der Waals surface area (Å²) in [5.74, 6) is 3.74. The van der Waals surface area contributed by atoms with Gasteiger partial charge in [0.2, 0.25) is 11.8 Å². The maximum Gasteiger partial charge on any atom is 0.325 e. The van der Waals surface area contributed by atoms with E-state index in [2.05, 4.69) is 28.3 Å². The van der Waals surface area contributed by atoms with Crippen LogP contribution in [0, 0.1) is 0 Å². The van der Waals surface area contributed by atoms with E-state index in [1.54, 1.807) is 64.5 Å². The van der Waals surface area contributed by atoms with Gasteiger partial charge in [0.1, 0.15) is 0 Å². The van der Waals surface area contributed by atoms with E-state index < -0.39 is 0 Å². The second-order valence-corrected chi connectivity index (χ2v) is 14.1. The predicted molar refractivity (Wildman–Crippen MR) is 197 cm³/mol. The van der Waals surface area contributed by atoms with Crippen LogP contribution in [-0.4, -0.2) is 108 Å². The Morgan fingerprint density at radius 1 is 0.614 bits per heavy atom. The van der Waals surface area contributed by atoms with Crippen molar-refractivity contribution in [1.29, 1.82) is 0 Å². The summed E-state index contributed by atoms with van der Waals surface area (Å²) < 4.78 is 14.7. The van der Waals surface area contributed by atoms with Gasteiger partial charge in [0.25, 0.3) is 0 Å². The molecule has 0 aliphatic heterocycles. The first-order chi connectivity index (χ1) is 20.9. The molecule has 0 rings (SSSR count). The smallest absolute Gasteiger partial charge is 0.325 e. The number of nitrogens with one attached hydrogen (secondary N) is 3. The molecule has 12 nitrogen and oxygen atoms in total. The Kier molecular flexibility index (Phi) is 55.2. The minimum Gasteiger partial charge on any atom is -0.385 e. The van der Waals surface area contributed by atoms with Gasteiger partial charge in [-0.2, -0.15) is 0 Å². The number of thiol groups is 1. The van der Waals surface area contributed by atoms with Crippen LogP contribution in [0.15, 0.2) is 0 Å². The minimum absolute atomic E-state index is 0. The van der Waals surface area contributed by atoms with E-state index in [0.29, 0.717) is 52.2 Å². The van der Waals surface area contributed by atoms with Gasteiger partial charge in [-0.15, -0.1) is 12.4 Å². The molecule has 0 aromatic carbocycles. The largest absolute Gasteiger partial charge is 0.385 e. The van der Waals surface area contributed by atoms with Crippen LogP contribution in [0.25, 0.3) is 0 Å². The van der Waals surface area contributed by atoms with Gasteiger partial charge in [0.15, 0.2) is 0 Å². The van der Waals surface area contributed by atoms with Crippen molar-refractivity contribution in [2.45, 2.75) is 57.8 Å². The molecule has 266 valence electrons. The number of ether oxygens (including phenoxy) is 3. The van der Waals surface area contributed by atoms with Crippen molar-refractivity contribution in [3.63, 3.8) is 0 Å². The van der Waals surface area contributed by atoms with E-state index in [9.17, 15) is 14.4 Å². The van der Waals surface area contributed by atoms with Gasteiger partial charge in [-0.3, -0.25) is 14.4 Å². The Labute approximate surface area is 293 Å². The fraction of sp³-hybridized carbons (Fsp3) is 0.885. The third-order valence-corrected chi connectivity index (χ3v) is 9.70. The quantitative estimate of drug-likeness (QED) is 0.0296. The van der Waals surface area contributed by atoms with Crippen molar-refractivity contribution < 1.29 is 33.4 Å². The van der Waals surface area contributed by atoms with Crippen molar-refractivity contribution in [1.82, 2.24) is 15.5 Å². The van der Waals surface area contributed by atoms with Crippen LogP contribution in [0.5, 0.6) is 0 Å². The Hall–Kier alpha value is 0.210. The van der Waals surface area contributed by atoms with E-state index in [4.69, 9.17) is 25.7 Å². The minimum atomic E-state index is -0.295. The van der Waals surface area contributed by atoms with Crippen LogP contribution in [-0.2, 0) is 33.4 Å². The standard InChI is InChI=1S/C16H32N2O4S2.C6H13NO3S.C4H12N2S2.ClH/c1-21-11-5-3-7-15(19)17-9-13-23-24-14-10-18-16(20)8-4-6-12-22-2;1-9-5-3-2-4-6(8)10-7-11;5-1-3-7-8-4-2-6;/h3-14H2,1-2H3,(H,17,19)(H,18,20);7,11H,2-5H2,1H3;1-6H2;1H. The van der Waals surface area contributed by atoms with E-state index in [0.717, 1.165) is 74.6 Å². The normalized spacial score (nSPS) is 9.95. The zero-order valence-corrected chi connectivity index (χ0v) is 31.6. The van der Waals surface area contributed by atoms with E-state index in [-0.39, 0.29) is 30.2 Å². The number of carbonyl (C=O) groups is 3. The highest BCUT2D eigenvalue weighted by atomic mass is 35.5. The number of methoxy groups -OCH3 is 3. The third-order valence-electron chi connectivity index (χ3n) is 4.73. The van der Waals surface area contributed by atoms with Gasteiger partial charge in [-0.1, -0.05) is 60.9 Å². The van der Waals surface area contributed by atoms with Crippen LogP contribution in [0.4, 0.5) is 0 Å². The lowest BCUT2D eigenvalue weighted by molar-refractivity contribution is -0.146. The molecule has 7 N–H and O–H groups in total. The van der Waals surface area contributed by atoms with Gasteiger partial charge >= 0.3 is 5.97 Å². The summed E-state index contributed by atoms with van der Waals surface area (Å²) in [6.07, 6.45) is 6.77. The Balaban J connectivity index is -0.000000329. The van der Waals surface area contributed by atoms with Crippen LogP contribution in [0.2, 0.25) is 0 Å². The summed E-state index contributed by atoms with van der Waals surface area (Å²) in [6, 6.07) is 0. The van der Waals surface area contributed by atoms with Gasteiger partial charge in [0.05, 0.1) is 0 Å². The Morgan fingerprint density at radius 2 is 0.977 bits per heavy atom. The SMILES string of the molecule is COCCCCC(=O)NCCSSCCNC(=O)CCCCOC.COCCCCC(=O)ONS.Cl.NCCSSCCN. The highest BCUT2D eigenvalue weighted by Gasteiger charge is 2.02. The molecule has 0 aliphatic carbocycles. The van der Waals surface area contributed by atoms with E-state index >= 15 is 0 Å². The zero-order valence-electron chi connectivity index (χ0n) is 26.6. The Morgan fingerprint density at radius 3 is 1.32 bits per heavy atom. The van der Waals surface area contributed by atoms with Gasteiger partial charge in [-0.05, 0) is 38.5 Å². The molecule has 0 saturated heterocycles. The number of nitrogens with two attached hydrogens (primary N) is 2. The number of hydrogen-bond acceptors (Lipinski definition) is 15. The lowest BCUT2D eigenvalue weighted by Crippen LogP contribution is -2.26. The van der Waals surface area contributed by atoms with Crippen LogP contribution < -0.4 is 27.0 Å². The zero-order chi connectivity index (χ0) is 32.7. The Bertz CT molecular complexity index is 577. The van der Waals surface area contributed by atoms with E-state index in [1.165, 1.54) is 0 Å². The molecular formula is C26H58ClN5O7S5. The molecule has 0 bridgehead atoms. The van der Waals surface area contributed by atoms with Crippen LogP contribution in [0.3, 0.4) is 0 Å². The summed E-state index contributed by atoms with van der Waals surface area (Å²) in [5.41, 5.74) is 10.5. The summed E-state index contributed by atoms with van der Waals surface area (Å²) in [7, 11) is 12.0. The maximum atomic E-state index is 11.5. The first kappa shape index (κ1) is 51.1. The molecule has 0 atom stereocenters. The first-order valence-electron chi connectivity index (χ1n) is 14.4. The monoisotopic (exact) mass is 747 g/mol. The number of halogens is 1. The summed E-state index contributed by atoms with van der Waals surface area (Å²) in [5, 5.41) is 5.82. The van der Waals surface area contributed by atoms with Crippen molar-refractivity contribution in [3.05, 3.63) is 0 Å². The van der Waals surface area contributed by atoms with Gasteiger partial charge in [-0.25, -0.2) is 0 Å². The first-order valence-corrected chi connectivity index (χ1v) is 19.8. The third kappa shape index (κ3) is 51.8. The van der Waals surface area contributed by atoms with Crippen molar-refractivity contribution >= 4 is 86.2 Å². The lowest BCUT2D eigenvalue weighted by atomic mass is 10.2. The molecule has 0 aromatic rings.